The Morgan fingerprint density at radius 1 is 1.06 bits per heavy atom. The summed E-state index contributed by atoms with van der Waals surface area (Å²) in [5, 5.41) is 0. The van der Waals surface area contributed by atoms with Crippen molar-refractivity contribution >= 4 is 5.97 Å². The van der Waals surface area contributed by atoms with E-state index >= 15 is 0 Å². The highest BCUT2D eigenvalue weighted by atomic mass is 16.5. The molecule has 0 atom stereocenters. The molecule has 2 heteroatoms. The van der Waals surface area contributed by atoms with Crippen LogP contribution in [-0.4, -0.2) is 13.1 Å². The van der Waals surface area contributed by atoms with Crippen molar-refractivity contribution in [2.45, 2.75) is 71.6 Å². The molecular weight excluding hydrogens is 224 g/mol. The van der Waals surface area contributed by atoms with Crippen molar-refractivity contribution in [1.29, 1.82) is 0 Å². The molecule has 0 N–H and O–H groups in total. The lowest BCUT2D eigenvalue weighted by molar-refractivity contribution is -0.151. The molecule has 0 fully saturated rings. The zero-order valence-electron chi connectivity index (χ0n) is 12.5. The molecule has 0 aliphatic carbocycles. The van der Waals surface area contributed by atoms with Gasteiger partial charge in [-0.15, -0.1) is 6.58 Å². The second-order valence-corrected chi connectivity index (χ2v) is 5.68. The average molecular weight is 254 g/mol. The fourth-order valence-corrected chi connectivity index (χ4v) is 2.12. The van der Waals surface area contributed by atoms with E-state index in [1.807, 2.05) is 19.9 Å². The Morgan fingerprint density at radius 2 is 1.56 bits per heavy atom. The average Bonchev–Trinajstić information content (AvgIpc) is 2.35. The van der Waals surface area contributed by atoms with E-state index in [0.717, 1.165) is 19.3 Å². The van der Waals surface area contributed by atoms with Gasteiger partial charge >= 0.3 is 5.97 Å². The van der Waals surface area contributed by atoms with Crippen LogP contribution in [0, 0.1) is 5.41 Å². The zero-order valence-corrected chi connectivity index (χ0v) is 12.5. The first-order valence-electron chi connectivity index (χ1n) is 7.24. The number of carbonyl (C=O) groups is 1. The van der Waals surface area contributed by atoms with Crippen molar-refractivity contribution in [3.8, 4) is 0 Å². The molecule has 0 aromatic rings. The molecule has 0 amide bonds. The van der Waals surface area contributed by atoms with E-state index in [1.54, 1.807) is 0 Å². The summed E-state index contributed by atoms with van der Waals surface area (Å²) in [6.07, 6.45) is 12.9. The van der Waals surface area contributed by atoms with Gasteiger partial charge in [0.2, 0.25) is 0 Å². The minimum Gasteiger partial charge on any atom is -0.469 e. The van der Waals surface area contributed by atoms with Gasteiger partial charge in [0.1, 0.15) is 0 Å². The van der Waals surface area contributed by atoms with Gasteiger partial charge in [-0.3, -0.25) is 4.79 Å². The van der Waals surface area contributed by atoms with Gasteiger partial charge < -0.3 is 4.74 Å². The summed E-state index contributed by atoms with van der Waals surface area (Å²) >= 11 is 0. The first-order valence-corrected chi connectivity index (χ1v) is 7.24. The van der Waals surface area contributed by atoms with Crippen LogP contribution in [0.3, 0.4) is 0 Å². The van der Waals surface area contributed by atoms with Gasteiger partial charge in [-0.05, 0) is 33.1 Å². The van der Waals surface area contributed by atoms with Crippen molar-refractivity contribution in [3.63, 3.8) is 0 Å². The van der Waals surface area contributed by atoms with Crippen LogP contribution in [0.15, 0.2) is 12.7 Å². The van der Waals surface area contributed by atoms with E-state index < -0.39 is 0 Å². The maximum Gasteiger partial charge on any atom is 0.311 e. The molecule has 0 saturated carbocycles. The third-order valence-electron chi connectivity index (χ3n) is 3.45. The lowest BCUT2D eigenvalue weighted by Crippen LogP contribution is -2.25. The number of rotatable bonds is 11. The summed E-state index contributed by atoms with van der Waals surface area (Å²) in [7, 11) is 1.47. The minimum atomic E-state index is -0.321. The summed E-state index contributed by atoms with van der Waals surface area (Å²) in [4.78, 5) is 11.5. The van der Waals surface area contributed by atoms with Crippen LogP contribution >= 0.6 is 0 Å². The van der Waals surface area contributed by atoms with Gasteiger partial charge in [-0.2, -0.15) is 0 Å². The monoisotopic (exact) mass is 254 g/mol. The largest absolute Gasteiger partial charge is 0.469 e. The number of hydrogen-bond donors (Lipinski definition) is 0. The van der Waals surface area contributed by atoms with Gasteiger partial charge in [-0.1, -0.05) is 44.6 Å². The quantitative estimate of drug-likeness (QED) is 0.298. The molecule has 0 aromatic carbocycles. The van der Waals surface area contributed by atoms with E-state index in [0.29, 0.717) is 0 Å². The van der Waals surface area contributed by atoms with Crippen molar-refractivity contribution < 1.29 is 9.53 Å². The molecule has 0 radical (unpaired) electrons. The van der Waals surface area contributed by atoms with E-state index in [1.165, 1.54) is 45.6 Å². The number of methoxy groups -OCH3 is 1. The topological polar surface area (TPSA) is 26.3 Å². The molecule has 106 valence electrons. The van der Waals surface area contributed by atoms with Crippen LogP contribution in [0.4, 0.5) is 0 Å². The van der Waals surface area contributed by atoms with E-state index in [-0.39, 0.29) is 11.4 Å². The highest BCUT2D eigenvalue weighted by Crippen LogP contribution is 2.25. The van der Waals surface area contributed by atoms with Gasteiger partial charge in [0, 0.05) is 0 Å². The molecule has 0 saturated heterocycles. The Morgan fingerprint density at radius 3 is 2.06 bits per heavy atom. The molecule has 0 heterocycles. The van der Waals surface area contributed by atoms with E-state index in [4.69, 9.17) is 4.74 Å². The molecule has 0 bridgehead atoms. The van der Waals surface area contributed by atoms with Crippen LogP contribution in [0.5, 0.6) is 0 Å². The number of ether oxygens (including phenoxy) is 1. The summed E-state index contributed by atoms with van der Waals surface area (Å²) in [6.45, 7) is 7.66. The second-order valence-electron chi connectivity index (χ2n) is 5.68. The number of allylic oxidation sites excluding steroid dienone is 1. The first-order chi connectivity index (χ1) is 8.54. The van der Waals surface area contributed by atoms with Crippen molar-refractivity contribution in [2.75, 3.05) is 7.11 Å². The Kier molecular flexibility index (Phi) is 9.72. The van der Waals surface area contributed by atoms with Crippen LogP contribution in [-0.2, 0) is 9.53 Å². The van der Waals surface area contributed by atoms with Gasteiger partial charge in [0.05, 0.1) is 12.5 Å². The molecule has 0 rings (SSSR count). The number of carbonyl (C=O) groups excluding carboxylic acids is 1. The van der Waals surface area contributed by atoms with Crippen LogP contribution in [0.2, 0.25) is 0 Å². The Bertz CT molecular complexity index is 231. The lowest BCUT2D eigenvalue weighted by atomic mass is 9.87. The molecule has 2 nitrogen and oxygen atoms in total. The predicted octanol–water partition coefficient (Wildman–Crippen LogP) is 4.88. The smallest absolute Gasteiger partial charge is 0.311 e. The maximum absolute atomic E-state index is 11.5. The normalized spacial score (nSPS) is 11.3. The van der Waals surface area contributed by atoms with Gasteiger partial charge in [0.25, 0.3) is 0 Å². The fourth-order valence-electron chi connectivity index (χ4n) is 2.12. The van der Waals surface area contributed by atoms with Crippen LogP contribution in [0.25, 0.3) is 0 Å². The van der Waals surface area contributed by atoms with Crippen LogP contribution < -0.4 is 0 Å². The standard InChI is InChI=1S/C16H30O2/c1-5-6-7-8-9-10-11-12-13-14-16(2,3)15(17)18-4/h5H,1,6-14H2,2-4H3. The summed E-state index contributed by atoms with van der Waals surface area (Å²) in [6, 6.07) is 0. The summed E-state index contributed by atoms with van der Waals surface area (Å²) < 4.78 is 4.80. The van der Waals surface area contributed by atoms with Crippen LogP contribution in [0.1, 0.15) is 71.6 Å². The molecule has 0 unspecified atom stereocenters. The summed E-state index contributed by atoms with van der Waals surface area (Å²) in [5.41, 5.74) is -0.321. The summed E-state index contributed by atoms with van der Waals surface area (Å²) in [5.74, 6) is -0.0908. The lowest BCUT2D eigenvalue weighted by Gasteiger charge is -2.20. The molecule has 0 aromatic heterocycles. The second kappa shape index (κ2) is 10.2. The van der Waals surface area contributed by atoms with E-state index in [2.05, 4.69) is 6.58 Å². The third-order valence-corrected chi connectivity index (χ3v) is 3.45. The van der Waals surface area contributed by atoms with Crippen molar-refractivity contribution in [2.24, 2.45) is 5.41 Å². The fraction of sp³-hybridized carbons (Fsp3) is 0.812. The zero-order chi connectivity index (χ0) is 13.9. The Hall–Kier alpha value is -0.790. The number of hydrogen-bond acceptors (Lipinski definition) is 2. The van der Waals surface area contributed by atoms with E-state index in [9.17, 15) is 4.79 Å². The number of esters is 1. The highest BCUT2D eigenvalue weighted by molar-refractivity contribution is 5.75. The van der Waals surface area contributed by atoms with Gasteiger partial charge in [0.15, 0.2) is 0 Å². The maximum atomic E-state index is 11.5. The van der Waals surface area contributed by atoms with Crippen molar-refractivity contribution in [1.82, 2.24) is 0 Å². The predicted molar refractivity (Wildman–Crippen MR) is 77.5 cm³/mol. The molecule has 18 heavy (non-hydrogen) atoms. The highest BCUT2D eigenvalue weighted by Gasteiger charge is 2.27. The van der Waals surface area contributed by atoms with Crippen molar-refractivity contribution in [3.05, 3.63) is 12.7 Å². The SMILES string of the molecule is C=CCCCCCCCCCC(C)(C)C(=O)OC. The number of unbranched alkanes of at least 4 members (excludes halogenated alkanes) is 7. The third kappa shape index (κ3) is 8.32. The van der Waals surface area contributed by atoms with Gasteiger partial charge in [-0.25, -0.2) is 0 Å². The molecule has 0 spiro atoms. The molecule has 0 aliphatic heterocycles. The molecule has 0 aliphatic rings. The molecular formula is C16H30O2. The Balaban J connectivity index is 3.40. The Labute approximate surface area is 113 Å². The minimum absolute atomic E-state index is 0.0908. The first kappa shape index (κ1) is 17.2.